The summed E-state index contributed by atoms with van der Waals surface area (Å²) in [5.74, 6) is 0.360. The van der Waals surface area contributed by atoms with Crippen molar-refractivity contribution in [2.75, 3.05) is 18.5 Å². The summed E-state index contributed by atoms with van der Waals surface area (Å²) in [6, 6.07) is 2.57. The Bertz CT molecular complexity index is 413. The number of alkyl halides is 3. The van der Waals surface area contributed by atoms with Crippen LogP contribution in [0.2, 0.25) is 0 Å². The van der Waals surface area contributed by atoms with E-state index in [2.05, 4.69) is 4.98 Å². The van der Waals surface area contributed by atoms with E-state index in [-0.39, 0.29) is 11.9 Å². The minimum absolute atomic E-state index is 0.00882. The van der Waals surface area contributed by atoms with Crippen LogP contribution in [0.4, 0.5) is 19.0 Å². The predicted octanol–water partition coefficient (Wildman–Crippen LogP) is 2.27. The Hall–Kier alpha value is -1.30. The molecule has 0 aliphatic heterocycles. The van der Waals surface area contributed by atoms with Gasteiger partial charge in [-0.2, -0.15) is 13.2 Å². The van der Waals surface area contributed by atoms with Gasteiger partial charge in [0, 0.05) is 25.8 Å². The van der Waals surface area contributed by atoms with Crippen molar-refractivity contribution in [2.45, 2.75) is 25.1 Å². The standard InChI is InChI=1S/C12H16F3N3/c1-18(7-8-5-9(16)6-8)11-10(12(13,14)15)3-2-4-17-11/h2-4,8-9H,5-7,16H2,1H3. The van der Waals surface area contributed by atoms with Crippen LogP contribution < -0.4 is 10.6 Å². The summed E-state index contributed by atoms with van der Waals surface area (Å²) in [4.78, 5) is 5.42. The van der Waals surface area contributed by atoms with Crippen LogP contribution in [0, 0.1) is 5.92 Å². The van der Waals surface area contributed by atoms with E-state index in [1.54, 1.807) is 11.9 Å². The molecular formula is C12H16F3N3. The lowest BCUT2D eigenvalue weighted by Crippen LogP contribution is -2.42. The zero-order chi connectivity index (χ0) is 13.3. The molecule has 1 aliphatic carbocycles. The monoisotopic (exact) mass is 259 g/mol. The number of hydrogen-bond donors (Lipinski definition) is 1. The summed E-state index contributed by atoms with van der Waals surface area (Å²) in [5.41, 5.74) is 4.98. The SMILES string of the molecule is CN(CC1CC(N)C1)c1ncccc1C(F)(F)F. The number of pyridine rings is 1. The van der Waals surface area contributed by atoms with E-state index < -0.39 is 11.7 Å². The van der Waals surface area contributed by atoms with Crippen molar-refractivity contribution < 1.29 is 13.2 Å². The van der Waals surface area contributed by atoms with E-state index >= 15 is 0 Å². The van der Waals surface area contributed by atoms with Crippen LogP contribution >= 0.6 is 0 Å². The summed E-state index contributed by atoms with van der Waals surface area (Å²) in [7, 11) is 1.64. The Morgan fingerprint density at radius 3 is 2.67 bits per heavy atom. The van der Waals surface area contributed by atoms with Crippen molar-refractivity contribution in [1.29, 1.82) is 0 Å². The minimum Gasteiger partial charge on any atom is -0.359 e. The first-order valence-corrected chi connectivity index (χ1v) is 5.87. The lowest BCUT2D eigenvalue weighted by molar-refractivity contribution is -0.137. The van der Waals surface area contributed by atoms with Gasteiger partial charge >= 0.3 is 6.18 Å². The third kappa shape index (κ3) is 2.75. The number of hydrogen-bond acceptors (Lipinski definition) is 3. The van der Waals surface area contributed by atoms with Crippen LogP contribution in [0.3, 0.4) is 0 Å². The highest BCUT2D eigenvalue weighted by Gasteiger charge is 2.36. The summed E-state index contributed by atoms with van der Waals surface area (Å²) in [6.45, 7) is 0.563. The molecule has 0 atom stereocenters. The largest absolute Gasteiger partial charge is 0.419 e. The molecule has 1 saturated carbocycles. The van der Waals surface area contributed by atoms with Crippen molar-refractivity contribution in [3.63, 3.8) is 0 Å². The maximum absolute atomic E-state index is 12.8. The van der Waals surface area contributed by atoms with Crippen molar-refractivity contribution in [3.8, 4) is 0 Å². The molecule has 0 radical (unpaired) electrons. The molecule has 18 heavy (non-hydrogen) atoms. The molecule has 1 aliphatic rings. The fourth-order valence-corrected chi connectivity index (χ4v) is 2.33. The van der Waals surface area contributed by atoms with Crippen LogP contribution in [0.5, 0.6) is 0 Å². The average molecular weight is 259 g/mol. The number of rotatable bonds is 3. The molecule has 2 N–H and O–H groups in total. The van der Waals surface area contributed by atoms with E-state index in [1.165, 1.54) is 12.3 Å². The van der Waals surface area contributed by atoms with Crippen LogP contribution in [0.15, 0.2) is 18.3 Å². The van der Waals surface area contributed by atoms with Gasteiger partial charge in [0.25, 0.3) is 0 Å². The predicted molar refractivity (Wildman–Crippen MR) is 63.2 cm³/mol. The average Bonchev–Trinajstić information content (AvgIpc) is 2.26. The lowest BCUT2D eigenvalue weighted by atomic mass is 9.80. The number of nitrogens with zero attached hydrogens (tertiary/aromatic N) is 2. The zero-order valence-electron chi connectivity index (χ0n) is 10.1. The number of nitrogens with two attached hydrogens (primary N) is 1. The Labute approximate surface area is 104 Å². The Kier molecular flexibility index (Phi) is 3.47. The van der Waals surface area contributed by atoms with Gasteiger partial charge in [-0.25, -0.2) is 4.98 Å². The summed E-state index contributed by atoms with van der Waals surface area (Å²) in [5, 5.41) is 0. The number of anilines is 1. The molecule has 0 bridgehead atoms. The van der Waals surface area contributed by atoms with Crippen LogP contribution in [0.25, 0.3) is 0 Å². The van der Waals surface area contributed by atoms with Gasteiger partial charge in [0.15, 0.2) is 0 Å². The Morgan fingerprint density at radius 1 is 1.44 bits per heavy atom. The molecule has 1 aromatic rings. The molecule has 3 nitrogen and oxygen atoms in total. The van der Waals surface area contributed by atoms with Crippen molar-refractivity contribution in [2.24, 2.45) is 11.7 Å². The Balaban J connectivity index is 2.12. The Morgan fingerprint density at radius 2 is 2.11 bits per heavy atom. The topological polar surface area (TPSA) is 42.1 Å². The molecule has 2 rings (SSSR count). The van der Waals surface area contributed by atoms with Gasteiger partial charge in [-0.05, 0) is 30.9 Å². The summed E-state index contributed by atoms with van der Waals surface area (Å²) < 4.78 is 38.5. The molecule has 0 unspecified atom stereocenters. The smallest absolute Gasteiger partial charge is 0.359 e. The van der Waals surface area contributed by atoms with E-state index in [1.807, 2.05) is 0 Å². The first-order chi connectivity index (χ1) is 8.38. The van der Waals surface area contributed by atoms with Gasteiger partial charge in [-0.1, -0.05) is 0 Å². The highest BCUT2D eigenvalue weighted by molar-refractivity contribution is 5.47. The van der Waals surface area contributed by atoms with Crippen molar-refractivity contribution in [1.82, 2.24) is 4.98 Å². The molecule has 0 spiro atoms. The minimum atomic E-state index is -4.37. The van der Waals surface area contributed by atoms with E-state index in [0.717, 1.165) is 18.9 Å². The van der Waals surface area contributed by atoms with E-state index in [9.17, 15) is 13.2 Å². The third-order valence-electron chi connectivity index (χ3n) is 3.26. The van der Waals surface area contributed by atoms with Gasteiger partial charge in [0.1, 0.15) is 5.82 Å². The fraction of sp³-hybridized carbons (Fsp3) is 0.583. The summed E-state index contributed by atoms with van der Waals surface area (Å²) >= 11 is 0. The first-order valence-electron chi connectivity index (χ1n) is 5.87. The van der Waals surface area contributed by atoms with Gasteiger partial charge in [-0.3, -0.25) is 0 Å². The highest BCUT2D eigenvalue weighted by Crippen LogP contribution is 2.36. The van der Waals surface area contributed by atoms with Crippen LogP contribution in [0.1, 0.15) is 18.4 Å². The third-order valence-corrected chi connectivity index (χ3v) is 3.26. The molecule has 1 fully saturated rings. The normalized spacial score (nSPS) is 23.6. The molecule has 6 heteroatoms. The second-order valence-corrected chi connectivity index (χ2v) is 4.85. The zero-order valence-corrected chi connectivity index (χ0v) is 10.1. The molecular weight excluding hydrogens is 243 g/mol. The fourth-order valence-electron chi connectivity index (χ4n) is 2.33. The molecule has 1 aromatic heterocycles. The van der Waals surface area contributed by atoms with Crippen molar-refractivity contribution in [3.05, 3.63) is 23.9 Å². The quantitative estimate of drug-likeness (QED) is 0.905. The highest BCUT2D eigenvalue weighted by atomic mass is 19.4. The molecule has 100 valence electrons. The molecule has 0 amide bonds. The van der Waals surface area contributed by atoms with Gasteiger partial charge in [0.2, 0.25) is 0 Å². The summed E-state index contributed by atoms with van der Waals surface area (Å²) in [6.07, 6.45) is -1.24. The van der Waals surface area contributed by atoms with Gasteiger partial charge in [-0.15, -0.1) is 0 Å². The molecule has 0 aromatic carbocycles. The lowest BCUT2D eigenvalue weighted by Gasteiger charge is -2.36. The second-order valence-electron chi connectivity index (χ2n) is 4.85. The van der Waals surface area contributed by atoms with Gasteiger partial charge in [0.05, 0.1) is 5.56 Å². The first kappa shape index (κ1) is 13.1. The van der Waals surface area contributed by atoms with Crippen molar-refractivity contribution >= 4 is 5.82 Å². The van der Waals surface area contributed by atoms with Crippen LogP contribution in [-0.2, 0) is 6.18 Å². The number of aromatic nitrogens is 1. The van der Waals surface area contributed by atoms with E-state index in [0.29, 0.717) is 12.5 Å². The number of halogens is 3. The molecule has 0 saturated heterocycles. The second kappa shape index (κ2) is 4.76. The maximum atomic E-state index is 12.8. The molecule has 1 heterocycles. The van der Waals surface area contributed by atoms with E-state index in [4.69, 9.17) is 5.73 Å². The van der Waals surface area contributed by atoms with Gasteiger partial charge < -0.3 is 10.6 Å². The maximum Gasteiger partial charge on any atom is 0.419 e. The van der Waals surface area contributed by atoms with Crippen LogP contribution in [-0.4, -0.2) is 24.6 Å².